The molecule has 0 bridgehead atoms. The monoisotopic (exact) mass is 501 g/mol. The van der Waals surface area contributed by atoms with Gasteiger partial charge in [-0.25, -0.2) is 0 Å². The molecule has 3 heteroatoms. The maximum absolute atomic E-state index is 2.72. The molecule has 38 heavy (non-hydrogen) atoms. The highest BCUT2D eigenvalue weighted by Gasteiger charge is 2.28. The van der Waals surface area contributed by atoms with Crippen LogP contribution in [0.3, 0.4) is 0 Å². The van der Waals surface area contributed by atoms with E-state index in [1.54, 1.807) is 11.1 Å². The quantitative estimate of drug-likeness (QED) is 0.270. The van der Waals surface area contributed by atoms with Gasteiger partial charge < -0.3 is 4.90 Å². The second-order valence-corrected chi connectivity index (χ2v) is 10.9. The zero-order valence-corrected chi connectivity index (χ0v) is 22.4. The predicted molar refractivity (Wildman–Crippen MR) is 158 cm³/mol. The van der Waals surface area contributed by atoms with Gasteiger partial charge in [0.25, 0.3) is 0 Å². The van der Waals surface area contributed by atoms with E-state index >= 15 is 0 Å². The van der Waals surface area contributed by atoms with Gasteiger partial charge in [-0.1, -0.05) is 103 Å². The SMILES string of the molecule is c1ccc(CN2CCN(c3cccc4c3C[C@H](N(Cc3ccccc3)Cc3ccccc3)CC4)CC2)cc1. The number of nitrogens with zero attached hydrogens (tertiary/aromatic N) is 3. The molecule has 0 saturated carbocycles. The minimum atomic E-state index is 0.545. The Morgan fingerprint density at radius 1 is 0.605 bits per heavy atom. The number of piperazine rings is 1. The standard InChI is InChI=1S/C35H39N3/c1-4-11-29(12-5-1)26-36-21-23-37(24-22-36)35-18-10-17-32-19-20-33(25-34(32)35)38(27-30-13-6-2-7-14-30)28-31-15-8-3-9-16-31/h1-18,33H,19-28H2/t33-/m1/s1. The van der Waals surface area contributed by atoms with Crippen molar-refractivity contribution < 1.29 is 0 Å². The highest BCUT2D eigenvalue weighted by Crippen LogP contribution is 2.34. The van der Waals surface area contributed by atoms with Crippen LogP contribution in [0.1, 0.15) is 34.2 Å². The van der Waals surface area contributed by atoms with Gasteiger partial charge in [0, 0.05) is 57.5 Å². The van der Waals surface area contributed by atoms with Gasteiger partial charge in [-0.05, 0) is 53.1 Å². The average molecular weight is 502 g/mol. The van der Waals surface area contributed by atoms with Crippen LogP contribution >= 0.6 is 0 Å². The number of fused-ring (bicyclic) bond motifs is 1. The van der Waals surface area contributed by atoms with Crippen LogP contribution in [0.4, 0.5) is 5.69 Å². The Bertz CT molecular complexity index is 1240. The van der Waals surface area contributed by atoms with E-state index in [9.17, 15) is 0 Å². The molecule has 0 amide bonds. The van der Waals surface area contributed by atoms with E-state index in [4.69, 9.17) is 0 Å². The summed E-state index contributed by atoms with van der Waals surface area (Å²) < 4.78 is 0. The third-order valence-corrected chi connectivity index (χ3v) is 8.37. The molecule has 0 spiro atoms. The predicted octanol–water partition coefficient (Wildman–Crippen LogP) is 6.57. The van der Waals surface area contributed by atoms with E-state index in [-0.39, 0.29) is 0 Å². The van der Waals surface area contributed by atoms with Crippen LogP contribution < -0.4 is 4.90 Å². The lowest BCUT2D eigenvalue weighted by molar-refractivity contribution is 0.162. The lowest BCUT2D eigenvalue weighted by Gasteiger charge is -2.40. The van der Waals surface area contributed by atoms with Gasteiger partial charge >= 0.3 is 0 Å². The molecular formula is C35H39N3. The highest BCUT2D eigenvalue weighted by molar-refractivity contribution is 5.58. The Labute approximate surface area is 228 Å². The first-order valence-corrected chi connectivity index (χ1v) is 14.3. The van der Waals surface area contributed by atoms with E-state index in [0.717, 1.165) is 52.2 Å². The maximum atomic E-state index is 2.72. The first-order valence-electron chi connectivity index (χ1n) is 14.3. The van der Waals surface area contributed by atoms with E-state index in [1.807, 2.05) is 0 Å². The summed E-state index contributed by atoms with van der Waals surface area (Å²) in [5.41, 5.74) is 8.84. The summed E-state index contributed by atoms with van der Waals surface area (Å²) in [4.78, 5) is 7.98. The minimum absolute atomic E-state index is 0.545. The normalized spacial score (nSPS) is 17.9. The molecule has 1 fully saturated rings. The van der Waals surface area contributed by atoms with Gasteiger partial charge in [-0.2, -0.15) is 0 Å². The topological polar surface area (TPSA) is 9.72 Å². The van der Waals surface area contributed by atoms with E-state index < -0.39 is 0 Å². The fraction of sp³-hybridized carbons (Fsp3) is 0.314. The molecule has 1 aliphatic heterocycles. The summed E-state index contributed by atoms with van der Waals surface area (Å²) in [6, 6.07) is 40.5. The Morgan fingerprint density at radius 3 is 1.79 bits per heavy atom. The molecule has 2 aliphatic rings. The number of benzene rings is 4. The molecule has 0 N–H and O–H groups in total. The van der Waals surface area contributed by atoms with Crippen molar-refractivity contribution in [1.29, 1.82) is 0 Å². The van der Waals surface area contributed by atoms with Gasteiger partial charge in [-0.3, -0.25) is 9.80 Å². The maximum Gasteiger partial charge on any atom is 0.0403 e. The largest absolute Gasteiger partial charge is 0.369 e. The number of hydrogen-bond donors (Lipinski definition) is 0. The zero-order chi connectivity index (χ0) is 25.6. The van der Waals surface area contributed by atoms with Crippen molar-refractivity contribution in [1.82, 2.24) is 9.80 Å². The highest BCUT2D eigenvalue weighted by atomic mass is 15.3. The van der Waals surface area contributed by atoms with Crippen LogP contribution in [0.15, 0.2) is 109 Å². The van der Waals surface area contributed by atoms with Crippen LogP contribution in [-0.4, -0.2) is 42.0 Å². The van der Waals surface area contributed by atoms with Crippen molar-refractivity contribution in [3.8, 4) is 0 Å². The first-order chi connectivity index (χ1) is 18.8. The summed E-state index contributed by atoms with van der Waals surface area (Å²) in [5, 5.41) is 0. The Kier molecular flexibility index (Phi) is 7.85. The van der Waals surface area contributed by atoms with Gasteiger partial charge in [-0.15, -0.1) is 0 Å². The lowest BCUT2D eigenvalue weighted by atomic mass is 9.85. The smallest absolute Gasteiger partial charge is 0.0403 e. The molecule has 4 aromatic carbocycles. The van der Waals surface area contributed by atoms with Crippen LogP contribution in [0.5, 0.6) is 0 Å². The average Bonchev–Trinajstić information content (AvgIpc) is 2.98. The fourth-order valence-electron chi connectivity index (χ4n) is 6.30. The summed E-state index contributed by atoms with van der Waals surface area (Å²) in [6.07, 6.45) is 3.53. The van der Waals surface area contributed by atoms with Crippen LogP contribution in [0.25, 0.3) is 0 Å². The Morgan fingerprint density at radius 2 is 1.18 bits per heavy atom. The van der Waals surface area contributed by atoms with Gasteiger partial charge in [0.1, 0.15) is 0 Å². The number of aryl methyl sites for hydroxylation is 1. The fourth-order valence-corrected chi connectivity index (χ4v) is 6.30. The molecule has 3 nitrogen and oxygen atoms in total. The van der Waals surface area contributed by atoms with Crippen LogP contribution in [-0.2, 0) is 32.5 Å². The lowest BCUT2D eigenvalue weighted by Crippen LogP contribution is -2.46. The van der Waals surface area contributed by atoms with Gasteiger partial charge in [0.05, 0.1) is 0 Å². The molecule has 194 valence electrons. The molecule has 1 atom stereocenters. The second-order valence-electron chi connectivity index (χ2n) is 10.9. The second kappa shape index (κ2) is 12.0. The van der Waals surface area contributed by atoms with Crippen molar-refractivity contribution in [3.63, 3.8) is 0 Å². The molecule has 1 saturated heterocycles. The van der Waals surface area contributed by atoms with Crippen molar-refractivity contribution in [2.45, 2.75) is 44.9 Å². The van der Waals surface area contributed by atoms with Gasteiger partial charge in [0.15, 0.2) is 0 Å². The van der Waals surface area contributed by atoms with E-state index in [1.165, 1.54) is 35.2 Å². The number of hydrogen-bond acceptors (Lipinski definition) is 3. The number of rotatable bonds is 8. The molecule has 0 aromatic heterocycles. The van der Waals surface area contributed by atoms with Crippen LogP contribution in [0.2, 0.25) is 0 Å². The Balaban J connectivity index is 1.18. The molecule has 6 rings (SSSR count). The van der Waals surface area contributed by atoms with Crippen molar-refractivity contribution in [3.05, 3.63) is 137 Å². The molecule has 4 aromatic rings. The zero-order valence-electron chi connectivity index (χ0n) is 22.4. The van der Waals surface area contributed by atoms with Crippen molar-refractivity contribution in [2.75, 3.05) is 31.1 Å². The molecular weight excluding hydrogens is 462 g/mol. The third-order valence-electron chi connectivity index (χ3n) is 8.37. The van der Waals surface area contributed by atoms with Crippen molar-refractivity contribution >= 4 is 5.69 Å². The van der Waals surface area contributed by atoms with Crippen LogP contribution in [0, 0.1) is 0 Å². The molecule has 0 radical (unpaired) electrons. The third kappa shape index (κ3) is 6.01. The van der Waals surface area contributed by atoms with E-state index in [0.29, 0.717) is 6.04 Å². The van der Waals surface area contributed by atoms with Crippen molar-refractivity contribution in [2.24, 2.45) is 0 Å². The molecule has 0 unspecified atom stereocenters. The summed E-state index contributed by atoms with van der Waals surface area (Å²) in [7, 11) is 0. The first kappa shape index (κ1) is 24.9. The summed E-state index contributed by atoms with van der Waals surface area (Å²) >= 11 is 0. The van der Waals surface area contributed by atoms with Gasteiger partial charge in [0.2, 0.25) is 0 Å². The summed E-state index contributed by atoms with van der Waals surface area (Å²) in [6.45, 7) is 7.49. The summed E-state index contributed by atoms with van der Waals surface area (Å²) in [5.74, 6) is 0. The molecule has 1 aliphatic carbocycles. The molecule has 1 heterocycles. The number of anilines is 1. The van der Waals surface area contributed by atoms with E-state index in [2.05, 4.69) is 124 Å². The minimum Gasteiger partial charge on any atom is -0.369 e. The Hall–Kier alpha value is -3.40.